The first-order valence-corrected chi connectivity index (χ1v) is 7.13. The summed E-state index contributed by atoms with van der Waals surface area (Å²) < 4.78 is 0. The number of rotatable bonds is 6. The molecule has 0 radical (unpaired) electrons. The molecule has 1 aliphatic heterocycles. The summed E-state index contributed by atoms with van der Waals surface area (Å²) in [7, 11) is 0. The zero-order valence-corrected chi connectivity index (χ0v) is 11.4. The summed E-state index contributed by atoms with van der Waals surface area (Å²) in [4.78, 5) is 2.71. The van der Waals surface area contributed by atoms with Crippen molar-refractivity contribution < 1.29 is 0 Å². The molecule has 1 saturated heterocycles. The summed E-state index contributed by atoms with van der Waals surface area (Å²) in [6.45, 7) is 10.3. The molecule has 1 heterocycles. The highest BCUT2D eigenvalue weighted by Crippen LogP contribution is 2.23. The molecular weight excluding hydrogens is 196 g/mol. The van der Waals surface area contributed by atoms with Crippen LogP contribution < -0.4 is 5.73 Å². The van der Waals surface area contributed by atoms with Gasteiger partial charge >= 0.3 is 0 Å². The fraction of sp³-hybridized carbons (Fsp3) is 1.00. The Morgan fingerprint density at radius 3 is 2.62 bits per heavy atom. The van der Waals surface area contributed by atoms with Crippen molar-refractivity contribution in [3.05, 3.63) is 0 Å². The maximum absolute atomic E-state index is 5.88. The van der Waals surface area contributed by atoms with Gasteiger partial charge in [-0.3, -0.25) is 0 Å². The lowest BCUT2D eigenvalue weighted by Crippen LogP contribution is -2.44. The van der Waals surface area contributed by atoms with Crippen LogP contribution in [0.15, 0.2) is 0 Å². The van der Waals surface area contributed by atoms with Crippen LogP contribution in [0.2, 0.25) is 0 Å². The van der Waals surface area contributed by atoms with Crippen molar-refractivity contribution in [3.8, 4) is 0 Å². The summed E-state index contributed by atoms with van der Waals surface area (Å²) in [5.41, 5.74) is 5.88. The van der Waals surface area contributed by atoms with E-state index in [0.29, 0.717) is 11.8 Å². The average molecular weight is 226 g/mol. The van der Waals surface area contributed by atoms with Crippen LogP contribution in [0.3, 0.4) is 0 Å². The van der Waals surface area contributed by atoms with Gasteiger partial charge in [0, 0.05) is 12.6 Å². The van der Waals surface area contributed by atoms with E-state index in [9.17, 15) is 0 Å². The van der Waals surface area contributed by atoms with E-state index < -0.39 is 0 Å². The number of hydrogen-bond acceptors (Lipinski definition) is 2. The molecule has 1 rings (SSSR count). The zero-order valence-electron chi connectivity index (χ0n) is 11.4. The first kappa shape index (κ1) is 14.0. The third kappa shape index (κ3) is 4.06. The minimum absolute atomic E-state index is 0.678. The molecule has 2 atom stereocenters. The van der Waals surface area contributed by atoms with Crippen LogP contribution in [0.25, 0.3) is 0 Å². The van der Waals surface area contributed by atoms with Crippen molar-refractivity contribution in [2.45, 2.75) is 58.9 Å². The Hall–Kier alpha value is -0.0800. The van der Waals surface area contributed by atoms with Crippen molar-refractivity contribution in [3.63, 3.8) is 0 Å². The van der Waals surface area contributed by atoms with Crippen LogP contribution in [0.5, 0.6) is 0 Å². The first-order valence-electron chi connectivity index (χ1n) is 7.13. The standard InChI is InChI=1S/C14H30N2/c1-4-7-14-8-5-6-9-16(14)11-13(10-15)12(2)3/h12-14H,4-11,15H2,1-3H3. The molecule has 0 aromatic carbocycles. The normalized spacial score (nSPS) is 24.9. The smallest absolute Gasteiger partial charge is 0.00952 e. The summed E-state index contributed by atoms with van der Waals surface area (Å²) in [6.07, 6.45) is 6.90. The molecule has 1 fully saturated rings. The van der Waals surface area contributed by atoms with Crippen LogP contribution in [-0.4, -0.2) is 30.6 Å². The summed E-state index contributed by atoms with van der Waals surface area (Å²) in [5.74, 6) is 1.40. The Balaban J connectivity index is 2.47. The molecule has 2 nitrogen and oxygen atoms in total. The fourth-order valence-electron chi connectivity index (χ4n) is 2.82. The lowest BCUT2D eigenvalue weighted by Gasteiger charge is -2.38. The zero-order chi connectivity index (χ0) is 12.0. The quantitative estimate of drug-likeness (QED) is 0.754. The number of likely N-dealkylation sites (tertiary alicyclic amines) is 1. The van der Waals surface area contributed by atoms with Crippen LogP contribution in [-0.2, 0) is 0 Å². The highest BCUT2D eigenvalue weighted by molar-refractivity contribution is 4.79. The number of piperidine rings is 1. The molecule has 2 heteroatoms. The van der Waals surface area contributed by atoms with E-state index in [4.69, 9.17) is 5.73 Å². The van der Waals surface area contributed by atoms with Gasteiger partial charge in [-0.1, -0.05) is 33.6 Å². The highest BCUT2D eigenvalue weighted by Gasteiger charge is 2.24. The van der Waals surface area contributed by atoms with E-state index in [0.717, 1.165) is 12.6 Å². The molecule has 0 saturated carbocycles. The molecule has 2 N–H and O–H groups in total. The largest absolute Gasteiger partial charge is 0.330 e. The molecule has 96 valence electrons. The van der Waals surface area contributed by atoms with Crippen molar-refractivity contribution in [1.82, 2.24) is 4.90 Å². The lowest BCUT2D eigenvalue weighted by molar-refractivity contribution is 0.107. The molecule has 0 aromatic rings. The van der Waals surface area contributed by atoms with E-state index >= 15 is 0 Å². The third-order valence-corrected chi connectivity index (χ3v) is 4.09. The summed E-state index contributed by atoms with van der Waals surface area (Å²) >= 11 is 0. The molecule has 0 bridgehead atoms. The van der Waals surface area contributed by atoms with Gasteiger partial charge in [-0.05, 0) is 44.2 Å². The molecule has 1 aliphatic rings. The van der Waals surface area contributed by atoms with Crippen molar-refractivity contribution >= 4 is 0 Å². The Labute approximate surface area is 102 Å². The Bertz CT molecular complexity index is 178. The fourth-order valence-corrected chi connectivity index (χ4v) is 2.82. The van der Waals surface area contributed by atoms with Crippen LogP contribution in [0.4, 0.5) is 0 Å². The maximum atomic E-state index is 5.88. The van der Waals surface area contributed by atoms with Gasteiger partial charge in [-0.25, -0.2) is 0 Å². The van der Waals surface area contributed by atoms with Crippen molar-refractivity contribution in [2.24, 2.45) is 17.6 Å². The van der Waals surface area contributed by atoms with E-state index in [-0.39, 0.29) is 0 Å². The van der Waals surface area contributed by atoms with Gasteiger partial charge in [0.05, 0.1) is 0 Å². The Morgan fingerprint density at radius 1 is 1.31 bits per heavy atom. The predicted molar refractivity (Wildman–Crippen MR) is 71.5 cm³/mol. The second kappa shape index (κ2) is 7.29. The maximum Gasteiger partial charge on any atom is 0.00952 e. The Kier molecular flexibility index (Phi) is 6.37. The molecule has 0 aromatic heterocycles. The van der Waals surface area contributed by atoms with Gasteiger partial charge in [0.2, 0.25) is 0 Å². The van der Waals surface area contributed by atoms with Gasteiger partial charge in [-0.2, -0.15) is 0 Å². The Morgan fingerprint density at radius 2 is 2.06 bits per heavy atom. The van der Waals surface area contributed by atoms with Crippen molar-refractivity contribution in [1.29, 1.82) is 0 Å². The topological polar surface area (TPSA) is 29.3 Å². The van der Waals surface area contributed by atoms with Crippen LogP contribution in [0, 0.1) is 11.8 Å². The predicted octanol–water partition coefficient (Wildman–Crippen LogP) is 2.87. The third-order valence-electron chi connectivity index (χ3n) is 4.09. The molecular formula is C14H30N2. The SMILES string of the molecule is CCCC1CCCCN1CC(CN)C(C)C. The average Bonchev–Trinajstić information content (AvgIpc) is 2.27. The van der Waals surface area contributed by atoms with Gasteiger partial charge in [-0.15, -0.1) is 0 Å². The lowest BCUT2D eigenvalue weighted by atomic mass is 9.92. The van der Waals surface area contributed by atoms with E-state index in [2.05, 4.69) is 25.7 Å². The number of nitrogens with zero attached hydrogens (tertiary/aromatic N) is 1. The van der Waals surface area contributed by atoms with Gasteiger partial charge in [0.15, 0.2) is 0 Å². The van der Waals surface area contributed by atoms with Crippen molar-refractivity contribution in [2.75, 3.05) is 19.6 Å². The minimum Gasteiger partial charge on any atom is -0.330 e. The molecule has 0 spiro atoms. The second-order valence-electron chi connectivity index (χ2n) is 5.67. The number of nitrogens with two attached hydrogens (primary N) is 1. The number of hydrogen-bond donors (Lipinski definition) is 1. The van der Waals surface area contributed by atoms with E-state index in [1.54, 1.807) is 0 Å². The van der Waals surface area contributed by atoms with Gasteiger partial charge < -0.3 is 10.6 Å². The van der Waals surface area contributed by atoms with E-state index in [1.165, 1.54) is 45.2 Å². The molecule has 0 amide bonds. The molecule has 0 aliphatic carbocycles. The summed E-state index contributed by atoms with van der Waals surface area (Å²) in [6, 6.07) is 0.839. The second-order valence-corrected chi connectivity index (χ2v) is 5.67. The van der Waals surface area contributed by atoms with Gasteiger partial charge in [0.1, 0.15) is 0 Å². The van der Waals surface area contributed by atoms with E-state index in [1.807, 2.05) is 0 Å². The summed E-state index contributed by atoms with van der Waals surface area (Å²) in [5, 5.41) is 0. The van der Waals surface area contributed by atoms with Crippen LogP contribution >= 0.6 is 0 Å². The van der Waals surface area contributed by atoms with Gasteiger partial charge in [0.25, 0.3) is 0 Å². The first-order chi connectivity index (χ1) is 7.69. The monoisotopic (exact) mass is 226 g/mol. The minimum atomic E-state index is 0.678. The van der Waals surface area contributed by atoms with Crippen LogP contribution in [0.1, 0.15) is 52.9 Å². The molecule has 16 heavy (non-hydrogen) atoms. The highest BCUT2D eigenvalue weighted by atomic mass is 15.2. The molecule has 2 unspecified atom stereocenters.